The first kappa shape index (κ1) is 10.9. The van der Waals surface area contributed by atoms with Gasteiger partial charge >= 0.3 is 0 Å². The molecule has 13 heavy (non-hydrogen) atoms. The third-order valence-electron chi connectivity index (χ3n) is 2.98. The van der Waals surface area contributed by atoms with E-state index in [1.807, 2.05) is 0 Å². The van der Waals surface area contributed by atoms with Crippen molar-refractivity contribution in [1.82, 2.24) is 0 Å². The zero-order valence-corrected chi connectivity index (χ0v) is 11.4. The molecule has 0 amide bonds. The lowest BCUT2D eigenvalue weighted by Gasteiger charge is -2.32. The predicted octanol–water partition coefficient (Wildman–Crippen LogP) is 4.35. The molecule has 2 unspecified atom stereocenters. The van der Waals surface area contributed by atoms with Crippen LogP contribution in [-0.4, -0.2) is 17.2 Å². The van der Waals surface area contributed by atoms with Gasteiger partial charge < -0.3 is 0 Å². The molecule has 2 atom stereocenters. The molecule has 0 aromatic rings. The van der Waals surface area contributed by atoms with Gasteiger partial charge in [-0.1, -0.05) is 31.6 Å². The van der Waals surface area contributed by atoms with Crippen LogP contribution in [0.2, 0.25) is 0 Å². The Morgan fingerprint density at radius 2 is 1.92 bits per heavy atom. The van der Waals surface area contributed by atoms with Gasteiger partial charge in [0.05, 0.1) is 4.44 Å². The van der Waals surface area contributed by atoms with Crippen molar-refractivity contribution in [1.29, 1.82) is 0 Å². The minimum absolute atomic E-state index is 0.920. The Kier molecular flexibility index (Phi) is 3.73. The highest BCUT2D eigenvalue weighted by Crippen LogP contribution is 2.78. The van der Waals surface area contributed by atoms with E-state index < -0.39 is 4.44 Å². The molecule has 1 aliphatic carbocycles. The Morgan fingerprint density at radius 1 is 1.23 bits per heavy atom. The van der Waals surface area contributed by atoms with Gasteiger partial charge in [0.25, 0.3) is 0 Å². The molecule has 76 valence electrons. The van der Waals surface area contributed by atoms with Gasteiger partial charge in [-0.15, -0.1) is 22.8 Å². The molecule has 2 aliphatic rings. The van der Waals surface area contributed by atoms with Gasteiger partial charge in [0.2, 0.25) is 0 Å². The van der Waals surface area contributed by atoms with Crippen LogP contribution in [0.5, 0.6) is 0 Å². The Morgan fingerprint density at radius 3 is 2.54 bits per heavy atom. The molecule has 1 saturated heterocycles. The molecule has 4 heteroatoms. The highest BCUT2D eigenvalue weighted by molar-refractivity contribution is 9.02. The van der Waals surface area contributed by atoms with Crippen molar-refractivity contribution in [3.63, 3.8) is 0 Å². The first-order chi connectivity index (χ1) is 6.21. The van der Waals surface area contributed by atoms with Crippen LogP contribution < -0.4 is 0 Å². The zero-order chi connectivity index (χ0) is 9.31. The van der Waals surface area contributed by atoms with E-state index >= 15 is 0 Å². The second kappa shape index (κ2) is 4.47. The number of hydrogen-bond donors (Lipinski definition) is 0. The SMILES string of the molecule is CC1CCCC(P2(=S)SCCS2)C1. The molecule has 0 spiro atoms. The molecule has 0 bridgehead atoms. The summed E-state index contributed by atoms with van der Waals surface area (Å²) in [6, 6.07) is 0. The maximum atomic E-state index is 5.88. The molecule has 2 fully saturated rings. The van der Waals surface area contributed by atoms with Crippen LogP contribution in [-0.2, 0) is 11.8 Å². The highest BCUT2D eigenvalue weighted by Gasteiger charge is 2.35. The standard InChI is InChI=1S/C9H17PS3/c1-8-3-2-4-9(7-8)10(11)12-5-6-13-10/h8-9H,2-7H2,1H3. The van der Waals surface area contributed by atoms with Crippen LogP contribution in [0.25, 0.3) is 0 Å². The van der Waals surface area contributed by atoms with Crippen molar-refractivity contribution >= 4 is 39.0 Å². The Balaban J connectivity index is 2.02. The van der Waals surface area contributed by atoms with Crippen LogP contribution >= 0.6 is 27.2 Å². The molecular formula is C9H17PS3. The lowest BCUT2D eigenvalue weighted by Crippen LogP contribution is -2.16. The molecule has 0 radical (unpaired) electrons. The van der Waals surface area contributed by atoms with E-state index in [-0.39, 0.29) is 0 Å². The summed E-state index contributed by atoms with van der Waals surface area (Å²) < 4.78 is -1.02. The second-order valence-corrected chi connectivity index (χ2v) is 16.1. The summed E-state index contributed by atoms with van der Waals surface area (Å²) >= 11 is 10.2. The first-order valence-corrected chi connectivity index (χ1v) is 11.1. The third kappa shape index (κ3) is 2.48. The van der Waals surface area contributed by atoms with Gasteiger partial charge in [-0.3, -0.25) is 0 Å². The molecular weight excluding hydrogens is 235 g/mol. The van der Waals surface area contributed by atoms with Crippen LogP contribution in [0.4, 0.5) is 0 Å². The minimum atomic E-state index is -1.02. The summed E-state index contributed by atoms with van der Waals surface area (Å²) in [6.07, 6.45) is 5.74. The Hall–Kier alpha value is 1.35. The van der Waals surface area contributed by atoms with Gasteiger partial charge in [-0.25, -0.2) is 0 Å². The van der Waals surface area contributed by atoms with E-state index in [4.69, 9.17) is 11.8 Å². The average Bonchev–Trinajstić information content (AvgIpc) is 2.54. The van der Waals surface area contributed by atoms with Crippen molar-refractivity contribution in [2.24, 2.45) is 5.92 Å². The van der Waals surface area contributed by atoms with E-state index in [0.717, 1.165) is 11.6 Å². The Bertz CT molecular complexity index is 219. The maximum Gasteiger partial charge on any atom is 0.0602 e. The summed E-state index contributed by atoms with van der Waals surface area (Å²) in [6.45, 7) is 2.40. The molecule has 2 rings (SSSR count). The summed E-state index contributed by atoms with van der Waals surface area (Å²) in [5.74, 6) is 3.60. The normalized spacial score (nSPS) is 39.2. The van der Waals surface area contributed by atoms with E-state index in [1.165, 1.54) is 37.2 Å². The lowest BCUT2D eigenvalue weighted by molar-refractivity contribution is 0.393. The van der Waals surface area contributed by atoms with E-state index in [9.17, 15) is 0 Å². The third-order valence-corrected chi connectivity index (χ3v) is 15.8. The highest BCUT2D eigenvalue weighted by atomic mass is 33.2. The molecule has 0 aromatic carbocycles. The van der Waals surface area contributed by atoms with Crippen LogP contribution in [0.1, 0.15) is 32.6 Å². The van der Waals surface area contributed by atoms with E-state index in [1.54, 1.807) is 0 Å². The fraction of sp³-hybridized carbons (Fsp3) is 1.00. The number of hydrogen-bond acceptors (Lipinski definition) is 3. The molecule has 1 aliphatic heterocycles. The van der Waals surface area contributed by atoms with Gasteiger partial charge in [0, 0.05) is 17.2 Å². The molecule has 1 heterocycles. The zero-order valence-electron chi connectivity index (χ0n) is 8.07. The van der Waals surface area contributed by atoms with Crippen molar-refractivity contribution < 1.29 is 0 Å². The quantitative estimate of drug-likeness (QED) is 0.637. The molecule has 0 aromatic heterocycles. The monoisotopic (exact) mass is 252 g/mol. The van der Waals surface area contributed by atoms with Crippen LogP contribution in [0.15, 0.2) is 0 Å². The summed E-state index contributed by atoms with van der Waals surface area (Å²) in [7, 11) is 0. The van der Waals surface area contributed by atoms with Gasteiger partial charge in [0.15, 0.2) is 0 Å². The van der Waals surface area contributed by atoms with Gasteiger partial charge in [0.1, 0.15) is 0 Å². The van der Waals surface area contributed by atoms with Crippen molar-refractivity contribution in [3.8, 4) is 0 Å². The largest absolute Gasteiger partial charge is 0.113 e. The molecule has 0 nitrogen and oxygen atoms in total. The molecule has 0 N–H and O–H groups in total. The second-order valence-electron chi connectivity index (χ2n) is 4.13. The first-order valence-electron chi connectivity index (χ1n) is 5.09. The fourth-order valence-corrected chi connectivity index (χ4v) is 14.4. The lowest BCUT2D eigenvalue weighted by atomic mass is 9.91. The topological polar surface area (TPSA) is 0 Å². The van der Waals surface area contributed by atoms with Gasteiger partial charge in [-0.05, 0) is 18.8 Å². The smallest absolute Gasteiger partial charge is 0.0602 e. The summed E-state index contributed by atoms with van der Waals surface area (Å²) in [5, 5.41) is 0. The predicted molar refractivity (Wildman–Crippen MR) is 70.6 cm³/mol. The van der Waals surface area contributed by atoms with Crippen molar-refractivity contribution in [3.05, 3.63) is 0 Å². The van der Waals surface area contributed by atoms with Crippen molar-refractivity contribution in [2.45, 2.75) is 38.3 Å². The van der Waals surface area contributed by atoms with Gasteiger partial charge in [-0.2, -0.15) is 0 Å². The van der Waals surface area contributed by atoms with Crippen molar-refractivity contribution in [2.75, 3.05) is 11.5 Å². The fourth-order valence-electron chi connectivity index (χ4n) is 2.27. The Labute approximate surface area is 94.5 Å². The van der Waals surface area contributed by atoms with E-state index in [0.29, 0.717) is 0 Å². The van der Waals surface area contributed by atoms with Crippen LogP contribution in [0, 0.1) is 5.92 Å². The number of rotatable bonds is 1. The van der Waals surface area contributed by atoms with Crippen LogP contribution in [0.3, 0.4) is 0 Å². The maximum absolute atomic E-state index is 5.88. The summed E-state index contributed by atoms with van der Waals surface area (Å²) in [4.78, 5) is 0. The molecule has 1 saturated carbocycles. The summed E-state index contributed by atoms with van der Waals surface area (Å²) in [5.41, 5.74) is 0.920. The average molecular weight is 252 g/mol. The van der Waals surface area contributed by atoms with E-state index in [2.05, 4.69) is 29.7 Å². The minimum Gasteiger partial charge on any atom is -0.113 e.